The molecule has 0 aliphatic carbocycles. The van der Waals surface area contributed by atoms with Crippen molar-refractivity contribution in [1.82, 2.24) is 4.72 Å². The first-order chi connectivity index (χ1) is 11.9. The summed E-state index contributed by atoms with van der Waals surface area (Å²) in [5, 5.41) is 1.75. The first-order valence-corrected chi connectivity index (χ1v) is 9.71. The van der Waals surface area contributed by atoms with Crippen LogP contribution in [0.4, 0.5) is 0 Å². The molecule has 1 aliphatic heterocycles. The number of benzene rings is 2. The van der Waals surface area contributed by atoms with Crippen molar-refractivity contribution in [2.24, 2.45) is 0 Å². The van der Waals surface area contributed by atoms with Gasteiger partial charge >= 0.3 is 0 Å². The van der Waals surface area contributed by atoms with Gasteiger partial charge in [0.05, 0.1) is 0 Å². The Balaban J connectivity index is 1.70. The minimum Gasteiger partial charge on any atom is -0.486 e. The average molecular weight is 380 g/mol. The van der Waals surface area contributed by atoms with Crippen LogP contribution in [0.3, 0.4) is 0 Å². The summed E-state index contributed by atoms with van der Waals surface area (Å²) in [6, 6.07) is 11.9. The molecule has 1 heterocycles. The van der Waals surface area contributed by atoms with Crippen molar-refractivity contribution in [2.45, 2.75) is 13.0 Å². The van der Waals surface area contributed by atoms with E-state index in [-0.39, 0.29) is 0 Å². The van der Waals surface area contributed by atoms with Gasteiger partial charge in [-0.1, -0.05) is 29.8 Å². The molecule has 132 valence electrons. The maximum atomic E-state index is 12.3. The van der Waals surface area contributed by atoms with Crippen LogP contribution in [0.15, 0.2) is 47.9 Å². The second-order valence-electron chi connectivity index (χ2n) is 5.64. The zero-order valence-corrected chi connectivity index (χ0v) is 15.2. The van der Waals surface area contributed by atoms with Gasteiger partial charge in [-0.25, -0.2) is 13.1 Å². The first kappa shape index (κ1) is 17.8. The Morgan fingerprint density at radius 1 is 1.08 bits per heavy atom. The molecule has 1 unspecified atom stereocenters. The van der Waals surface area contributed by atoms with Crippen molar-refractivity contribution in [2.75, 3.05) is 13.2 Å². The molecule has 2 aromatic carbocycles. The van der Waals surface area contributed by atoms with Crippen LogP contribution in [0.2, 0.25) is 5.02 Å². The van der Waals surface area contributed by atoms with Crippen LogP contribution in [0.25, 0.3) is 6.08 Å². The first-order valence-electron chi connectivity index (χ1n) is 7.78. The minimum absolute atomic E-state index is 0.407. The molecule has 0 bridgehead atoms. The molecule has 0 saturated carbocycles. The van der Waals surface area contributed by atoms with Gasteiger partial charge < -0.3 is 9.47 Å². The summed E-state index contributed by atoms with van der Waals surface area (Å²) in [4.78, 5) is 0. The molecule has 2 aromatic rings. The standard InChI is InChI=1S/C18H18ClNO4S/c1-13(15-4-7-17-18(12-15)24-10-9-23-17)20-25(21,22)11-8-14-2-5-16(19)6-3-14/h2-8,11-13,20H,9-10H2,1H3. The molecule has 3 rings (SSSR count). The van der Waals surface area contributed by atoms with E-state index < -0.39 is 16.1 Å². The SMILES string of the molecule is CC(NS(=O)(=O)C=Cc1ccc(Cl)cc1)c1ccc2c(c1)OCCO2. The van der Waals surface area contributed by atoms with Crippen LogP contribution in [-0.2, 0) is 10.0 Å². The molecule has 0 spiro atoms. The molecule has 0 aromatic heterocycles. The van der Waals surface area contributed by atoms with E-state index in [1.54, 1.807) is 43.3 Å². The van der Waals surface area contributed by atoms with Crippen molar-refractivity contribution in [3.05, 3.63) is 64.0 Å². The Morgan fingerprint density at radius 2 is 1.76 bits per heavy atom. The molecule has 0 saturated heterocycles. The van der Waals surface area contributed by atoms with E-state index in [2.05, 4.69) is 4.72 Å². The fourth-order valence-electron chi connectivity index (χ4n) is 2.43. The van der Waals surface area contributed by atoms with Gasteiger partial charge in [0.1, 0.15) is 13.2 Å². The van der Waals surface area contributed by atoms with Gasteiger partial charge in [0.15, 0.2) is 11.5 Å². The highest BCUT2D eigenvalue weighted by Crippen LogP contribution is 2.32. The van der Waals surface area contributed by atoms with Gasteiger partial charge in [0.25, 0.3) is 0 Å². The summed E-state index contributed by atoms with van der Waals surface area (Å²) in [5.74, 6) is 1.30. The molecule has 5 nitrogen and oxygen atoms in total. The quantitative estimate of drug-likeness (QED) is 0.859. The van der Waals surface area contributed by atoms with Crippen LogP contribution < -0.4 is 14.2 Å². The highest BCUT2D eigenvalue weighted by molar-refractivity contribution is 7.92. The van der Waals surface area contributed by atoms with Gasteiger partial charge in [-0.2, -0.15) is 0 Å². The van der Waals surface area contributed by atoms with Crippen LogP contribution >= 0.6 is 11.6 Å². The molecule has 0 amide bonds. The normalized spacial score (nSPS) is 15.3. The monoisotopic (exact) mass is 379 g/mol. The predicted molar refractivity (Wildman–Crippen MR) is 98.4 cm³/mol. The zero-order chi connectivity index (χ0) is 17.9. The smallest absolute Gasteiger partial charge is 0.234 e. The van der Waals surface area contributed by atoms with E-state index in [0.29, 0.717) is 29.7 Å². The van der Waals surface area contributed by atoms with Crippen molar-refractivity contribution in [3.8, 4) is 11.5 Å². The highest BCUT2D eigenvalue weighted by Gasteiger charge is 2.17. The van der Waals surface area contributed by atoms with Crippen LogP contribution in [0.5, 0.6) is 11.5 Å². The van der Waals surface area contributed by atoms with Crippen LogP contribution in [0.1, 0.15) is 24.1 Å². The average Bonchev–Trinajstić information content (AvgIpc) is 2.60. The van der Waals surface area contributed by atoms with Gasteiger partial charge in [0, 0.05) is 16.5 Å². The number of rotatable bonds is 5. The lowest BCUT2D eigenvalue weighted by atomic mass is 10.1. The lowest BCUT2D eigenvalue weighted by molar-refractivity contribution is 0.171. The second kappa shape index (κ2) is 7.47. The Bertz CT molecular complexity index is 878. The third kappa shape index (κ3) is 4.75. The summed E-state index contributed by atoms with van der Waals surface area (Å²) < 4.78 is 38.2. The van der Waals surface area contributed by atoms with E-state index in [1.807, 2.05) is 6.07 Å². The minimum atomic E-state index is -3.59. The molecule has 1 aliphatic rings. The summed E-state index contributed by atoms with van der Waals surface area (Å²) in [7, 11) is -3.59. The zero-order valence-electron chi connectivity index (χ0n) is 13.6. The van der Waals surface area contributed by atoms with E-state index >= 15 is 0 Å². The van der Waals surface area contributed by atoms with Gasteiger partial charge in [-0.3, -0.25) is 0 Å². The third-order valence-electron chi connectivity index (χ3n) is 3.72. The number of halogens is 1. The molecule has 7 heteroatoms. The topological polar surface area (TPSA) is 64.6 Å². The number of ether oxygens (including phenoxy) is 2. The van der Waals surface area contributed by atoms with Gasteiger partial charge in [-0.05, 0) is 48.4 Å². The maximum absolute atomic E-state index is 12.3. The van der Waals surface area contributed by atoms with E-state index in [9.17, 15) is 8.42 Å². The van der Waals surface area contributed by atoms with Crippen LogP contribution in [0, 0.1) is 0 Å². The van der Waals surface area contributed by atoms with Gasteiger partial charge in [0.2, 0.25) is 10.0 Å². The predicted octanol–water partition coefficient (Wildman–Crippen LogP) is 3.76. The molecule has 1 atom stereocenters. The third-order valence-corrected chi connectivity index (χ3v) is 5.15. The Morgan fingerprint density at radius 3 is 2.48 bits per heavy atom. The van der Waals surface area contributed by atoms with E-state index in [0.717, 1.165) is 16.5 Å². The lowest BCUT2D eigenvalue weighted by Crippen LogP contribution is -2.25. The highest BCUT2D eigenvalue weighted by atomic mass is 35.5. The number of hydrogen-bond acceptors (Lipinski definition) is 4. The lowest BCUT2D eigenvalue weighted by Gasteiger charge is -2.20. The second-order valence-corrected chi connectivity index (χ2v) is 7.68. The number of hydrogen-bond donors (Lipinski definition) is 1. The Hall–Kier alpha value is -2.02. The summed E-state index contributed by atoms with van der Waals surface area (Å²) in [6.07, 6.45) is 1.52. The molecular weight excluding hydrogens is 362 g/mol. The van der Waals surface area contributed by atoms with E-state index in [1.165, 1.54) is 6.08 Å². The Labute approximate surface area is 152 Å². The fraction of sp³-hybridized carbons (Fsp3) is 0.222. The van der Waals surface area contributed by atoms with Crippen molar-refractivity contribution in [1.29, 1.82) is 0 Å². The largest absolute Gasteiger partial charge is 0.486 e. The van der Waals surface area contributed by atoms with Crippen LogP contribution in [-0.4, -0.2) is 21.6 Å². The maximum Gasteiger partial charge on any atom is 0.234 e. The number of fused-ring (bicyclic) bond motifs is 1. The molecular formula is C18H18ClNO4S. The van der Waals surface area contributed by atoms with Gasteiger partial charge in [-0.15, -0.1) is 0 Å². The number of nitrogens with one attached hydrogen (secondary N) is 1. The van der Waals surface area contributed by atoms with Crippen molar-refractivity contribution in [3.63, 3.8) is 0 Å². The fourth-order valence-corrected chi connectivity index (χ4v) is 3.59. The molecule has 1 N–H and O–H groups in total. The molecule has 0 fully saturated rings. The van der Waals surface area contributed by atoms with Crippen molar-refractivity contribution < 1.29 is 17.9 Å². The number of sulfonamides is 1. The van der Waals surface area contributed by atoms with E-state index in [4.69, 9.17) is 21.1 Å². The molecule has 0 radical (unpaired) electrons. The van der Waals surface area contributed by atoms with Crippen molar-refractivity contribution >= 4 is 27.7 Å². The summed E-state index contributed by atoms with van der Waals surface area (Å²) in [5.41, 5.74) is 1.55. The Kier molecular flexibility index (Phi) is 5.32. The molecule has 25 heavy (non-hydrogen) atoms. The summed E-state index contributed by atoms with van der Waals surface area (Å²) >= 11 is 5.82. The summed E-state index contributed by atoms with van der Waals surface area (Å²) in [6.45, 7) is 2.78.